The summed E-state index contributed by atoms with van der Waals surface area (Å²) in [7, 11) is 1.61. The van der Waals surface area contributed by atoms with Gasteiger partial charge in [-0.25, -0.2) is 0 Å². The number of likely N-dealkylation sites (tertiary alicyclic amines) is 1. The minimum atomic E-state index is -0.877. The van der Waals surface area contributed by atoms with E-state index in [-0.39, 0.29) is 24.5 Å². The lowest BCUT2D eigenvalue weighted by Crippen LogP contribution is -2.37. The van der Waals surface area contributed by atoms with Crippen LogP contribution in [0.3, 0.4) is 0 Å². The van der Waals surface area contributed by atoms with Crippen molar-refractivity contribution in [1.29, 1.82) is 0 Å². The largest absolute Gasteiger partial charge is 0.481 e. The molecular weight excluding hydrogens is 282 g/mol. The Morgan fingerprint density at radius 2 is 2.18 bits per heavy atom. The van der Waals surface area contributed by atoms with Crippen LogP contribution in [0.4, 0.5) is 0 Å². The molecule has 5 heteroatoms. The van der Waals surface area contributed by atoms with Gasteiger partial charge in [0.15, 0.2) is 0 Å². The van der Waals surface area contributed by atoms with E-state index in [4.69, 9.17) is 9.84 Å². The van der Waals surface area contributed by atoms with Gasteiger partial charge in [0.05, 0.1) is 12.5 Å². The number of hydrogen-bond acceptors (Lipinski definition) is 3. The minimum Gasteiger partial charge on any atom is -0.481 e. The van der Waals surface area contributed by atoms with E-state index in [9.17, 15) is 9.59 Å². The molecule has 0 saturated carbocycles. The second kappa shape index (κ2) is 6.08. The van der Waals surface area contributed by atoms with Crippen LogP contribution in [0.25, 0.3) is 0 Å². The van der Waals surface area contributed by atoms with E-state index in [1.807, 2.05) is 12.1 Å². The number of carboxylic acid groups (broad SMARTS) is 1. The molecule has 0 aromatic heterocycles. The van der Waals surface area contributed by atoms with Gasteiger partial charge in [0.25, 0.3) is 5.91 Å². The van der Waals surface area contributed by atoms with Crippen LogP contribution < -0.4 is 0 Å². The van der Waals surface area contributed by atoms with E-state index in [0.717, 1.165) is 30.4 Å². The molecule has 22 heavy (non-hydrogen) atoms. The molecule has 2 atom stereocenters. The van der Waals surface area contributed by atoms with Crippen LogP contribution in [0, 0.1) is 0 Å². The second-order valence-corrected chi connectivity index (χ2v) is 6.10. The van der Waals surface area contributed by atoms with E-state index in [2.05, 4.69) is 6.07 Å². The van der Waals surface area contributed by atoms with Gasteiger partial charge in [-0.2, -0.15) is 0 Å². The molecule has 1 fully saturated rings. The monoisotopic (exact) mass is 303 g/mol. The summed E-state index contributed by atoms with van der Waals surface area (Å²) < 4.78 is 5.35. The number of benzene rings is 1. The predicted octanol–water partition coefficient (Wildman–Crippen LogP) is 1.88. The highest BCUT2D eigenvalue weighted by Crippen LogP contribution is 2.29. The van der Waals surface area contributed by atoms with Gasteiger partial charge in [0, 0.05) is 25.3 Å². The third kappa shape index (κ3) is 2.73. The van der Waals surface area contributed by atoms with Crippen LogP contribution in [-0.2, 0) is 22.4 Å². The van der Waals surface area contributed by atoms with Crippen molar-refractivity contribution in [2.24, 2.45) is 0 Å². The number of carbonyl (C=O) groups excluding carboxylic acids is 1. The maximum atomic E-state index is 12.9. The molecule has 0 bridgehead atoms. The number of rotatable bonds is 4. The molecule has 1 amide bonds. The van der Waals surface area contributed by atoms with Crippen LogP contribution in [0.5, 0.6) is 0 Å². The number of methoxy groups -OCH3 is 1. The van der Waals surface area contributed by atoms with Gasteiger partial charge >= 0.3 is 5.97 Å². The van der Waals surface area contributed by atoms with Gasteiger partial charge in [0.1, 0.15) is 0 Å². The van der Waals surface area contributed by atoms with E-state index >= 15 is 0 Å². The maximum absolute atomic E-state index is 12.9. The van der Waals surface area contributed by atoms with Crippen LogP contribution in [0.15, 0.2) is 18.2 Å². The summed E-state index contributed by atoms with van der Waals surface area (Å²) in [4.78, 5) is 25.7. The smallest absolute Gasteiger partial charge is 0.305 e. The Balaban J connectivity index is 1.87. The van der Waals surface area contributed by atoms with Gasteiger partial charge in [-0.15, -0.1) is 0 Å². The lowest BCUT2D eigenvalue weighted by Gasteiger charge is -2.24. The number of nitrogens with zero attached hydrogens (tertiary/aromatic N) is 1. The Labute approximate surface area is 129 Å². The number of aliphatic carboxylic acids is 1. The summed E-state index contributed by atoms with van der Waals surface area (Å²) in [6.45, 7) is 0.469. The SMILES string of the molecule is COC1CC(CC(=O)O)N(C(=O)c2cccc3c2CCC3)C1. The van der Waals surface area contributed by atoms with Crippen molar-refractivity contribution in [3.63, 3.8) is 0 Å². The highest BCUT2D eigenvalue weighted by molar-refractivity contribution is 5.97. The summed E-state index contributed by atoms with van der Waals surface area (Å²) in [5.74, 6) is -0.928. The van der Waals surface area contributed by atoms with E-state index in [1.165, 1.54) is 5.56 Å². The number of carboxylic acids is 1. The molecule has 118 valence electrons. The fourth-order valence-corrected chi connectivity index (χ4v) is 3.66. The lowest BCUT2D eigenvalue weighted by atomic mass is 10.0. The minimum absolute atomic E-state index is 0.0272. The van der Waals surface area contributed by atoms with Crippen molar-refractivity contribution < 1.29 is 19.4 Å². The van der Waals surface area contributed by atoms with Gasteiger partial charge < -0.3 is 14.7 Å². The van der Waals surface area contributed by atoms with Crippen molar-refractivity contribution in [3.05, 3.63) is 34.9 Å². The molecule has 0 radical (unpaired) electrons. The zero-order valence-corrected chi connectivity index (χ0v) is 12.7. The summed E-state index contributed by atoms with van der Waals surface area (Å²) in [6, 6.07) is 5.58. The first-order chi connectivity index (χ1) is 10.6. The Kier molecular flexibility index (Phi) is 4.16. The molecular formula is C17H21NO4. The van der Waals surface area contributed by atoms with Gasteiger partial charge in [0.2, 0.25) is 0 Å². The van der Waals surface area contributed by atoms with E-state index < -0.39 is 5.97 Å². The molecule has 1 aromatic rings. The predicted molar refractivity (Wildman–Crippen MR) is 81.0 cm³/mol. The molecule has 1 heterocycles. The highest BCUT2D eigenvalue weighted by Gasteiger charge is 2.37. The van der Waals surface area contributed by atoms with Crippen molar-refractivity contribution in [2.45, 2.75) is 44.2 Å². The van der Waals surface area contributed by atoms with E-state index in [1.54, 1.807) is 12.0 Å². The third-order valence-electron chi connectivity index (χ3n) is 4.76. The number of fused-ring (bicyclic) bond motifs is 1. The van der Waals surface area contributed by atoms with Crippen LogP contribution >= 0.6 is 0 Å². The maximum Gasteiger partial charge on any atom is 0.305 e. The third-order valence-corrected chi connectivity index (χ3v) is 4.76. The second-order valence-electron chi connectivity index (χ2n) is 6.10. The summed E-state index contributed by atoms with van der Waals surface area (Å²) in [5.41, 5.74) is 3.13. The Morgan fingerprint density at radius 1 is 1.36 bits per heavy atom. The molecule has 1 N–H and O–H groups in total. The average Bonchev–Trinajstić information content (AvgIpc) is 3.11. The fourth-order valence-electron chi connectivity index (χ4n) is 3.66. The fraction of sp³-hybridized carbons (Fsp3) is 0.529. The number of carbonyl (C=O) groups is 2. The number of aryl methyl sites for hydroxylation is 1. The molecule has 2 unspecified atom stereocenters. The van der Waals surface area contributed by atoms with Crippen molar-refractivity contribution >= 4 is 11.9 Å². The Bertz CT molecular complexity index is 598. The molecule has 1 aromatic carbocycles. The number of amides is 1. The summed E-state index contributed by atoms with van der Waals surface area (Å²) in [6.07, 6.45) is 3.52. The van der Waals surface area contributed by atoms with Crippen molar-refractivity contribution in [1.82, 2.24) is 4.90 Å². The zero-order valence-electron chi connectivity index (χ0n) is 12.7. The first-order valence-corrected chi connectivity index (χ1v) is 7.76. The van der Waals surface area contributed by atoms with Crippen molar-refractivity contribution in [2.75, 3.05) is 13.7 Å². The lowest BCUT2D eigenvalue weighted by molar-refractivity contribution is -0.137. The topological polar surface area (TPSA) is 66.8 Å². The van der Waals surface area contributed by atoms with Gasteiger partial charge in [-0.05, 0) is 42.9 Å². The summed E-state index contributed by atoms with van der Waals surface area (Å²) >= 11 is 0. The highest BCUT2D eigenvalue weighted by atomic mass is 16.5. The standard InChI is InChI=1S/C17H21NO4/c1-22-13-8-12(9-16(19)20)18(10-13)17(21)15-7-3-5-11-4-2-6-14(11)15/h3,5,7,12-13H,2,4,6,8-10H2,1H3,(H,19,20). The summed E-state index contributed by atoms with van der Waals surface area (Å²) in [5, 5.41) is 9.08. The van der Waals surface area contributed by atoms with E-state index in [0.29, 0.717) is 13.0 Å². The Morgan fingerprint density at radius 3 is 2.91 bits per heavy atom. The molecule has 2 aliphatic rings. The average molecular weight is 303 g/mol. The molecule has 0 spiro atoms. The molecule has 5 nitrogen and oxygen atoms in total. The number of hydrogen-bond donors (Lipinski definition) is 1. The zero-order chi connectivity index (χ0) is 15.7. The van der Waals surface area contributed by atoms with Gasteiger partial charge in [-0.1, -0.05) is 12.1 Å². The quantitative estimate of drug-likeness (QED) is 0.922. The molecule has 1 aliphatic heterocycles. The molecule has 3 rings (SSSR count). The van der Waals surface area contributed by atoms with Crippen LogP contribution in [-0.4, -0.2) is 47.7 Å². The first-order valence-electron chi connectivity index (χ1n) is 7.76. The number of ether oxygens (including phenoxy) is 1. The Hall–Kier alpha value is -1.88. The van der Waals surface area contributed by atoms with Crippen molar-refractivity contribution in [3.8, 4) is 0 Å². The molecule has 1 saturated heterocycles. The first kappa shape index (κ1) is 15.0. The van der Waals surface area contributed by atoms with Gasteiger partial charge in [-0.3, -0.25) is 9.59 Å². The van der Waals surface area contributed by atoms with Crippen LogP contribution in [0.1, 0.15) is 40.7 Å². The molecule has 1 aliphatic carbocycles. The van der Waals surface area contributed by atoms with Crippen LogP contribution in [0.2, 0.25) is 0 Å². The normalized spacial score (nSPS) is 23.6.